The molecule has 2 rings (SSSR count). The van der Waals surface area contributed by atoms with Gasteiger partial charge in [0.1, 0.15) is 0 Å². The Morgan fingerprint density at radius 1 is 1.15 bits per heavy atom. The summed E-state index contributed by atoms with van der Waals surface area (Å²) in [6, 6.07) is 4.35. The normalized spacial score (nSPS) is 17.8. The first-order valence-corrected chi connectivity index (χ1v) is 11.6. The van der Waals surface area contributed by atoms with Gasteiger partial charge in [0.15, 0.2) is 5.96 Å². The molecule has 0 spiro atoms. The molecule has 1 aromatic rings. The molecular weight excluding hydrogens is 354 g/mol. The van der Waals surface area contributed by atoms with Crippen molar-refractivity contribution in [1.29, 1.82) is 0 Å². The second-order valence-corrected chi connectivity index (χ2v) is 8.55. The Bertz CT molecular complexity index is 509. The molecule has 0 bridgehead atoms. The second-order valence-electron chi connectivity index (χ2n) is 7.52. The highest BCUT2D eigenvalue weighted by Crippen LogP contribution is 2.14. The van der Waals surface area contributed by atoms with E-state index in [2.05, 4.69) is 58.7 Å². The van der Waals surface area contributed by atoms with Crippen molar-refractivity contribution in [1.82, 2.24) is 20.4 Å². The lowest BCUT2D eigenvalue weighted by molar-refractivity contribution is 0.136. The van der Waals surface area contributed by atoms with Crippen LogP contribution in [-0.4, -0.2) is 74.7 Å². The Morgan fingerprint density at radius 2 is 1.93 bits per heavy atom. The van der Waals surface area contributed by atoms with Crippen molar-refractivity contribution >= 4 is 17.3 Å². The zero-order valence-electron chi connectivity index (χ0n) is 17.5. The maximum Gasteiger partial charge on any atom is 0.191 e. The number of piperazine rings is 1. The van der Waals surface area contributed by atoms with Crippen LogP contribution in [0.5, 0.6) is 0 Å². The third-order valence-corrected chi connectivity index (χ3v) is 6.04. The highest BCUT2D eigenvalue weighted by Gasteiger charge is 2.14. The second kappa shape index (κ2) is 13.1. The van der Waals surface area contributed by atoms with Gasteiger partial charge in [0, 0.05) is 50.7 Å². The molecule has 0 radical (unpaired) electrons. The molecule has 27 heavy (non-hydrogen) atoms. The van der Waals surface area contributed by atoms with Gasteiger partial charge >= 0.3 is 0 Å². The first-order chi connectivity index (χ1) is 13.2. The summed E-state index contributed by atoms with van der Waals surface area (Å²) < 4.78 is 0. The van der Waals surface area contributed by atoms with E-state index in [4.69, 9.17) is 4.99 Å². The van der Waals surface area contributed by atoms with Crippen LogP contribution < -0.4 is 10.6 Å². The van der Waals surface area contributed by atoms with E-state index in [0.29, 0.717) is 5.92 Å². The number of hydrogen-bond donors (Lipinski definition) is 2. The van der Waals surface area contributed by atoms with Crippen molar-refractivity contribution in [3.8, 4) is 0 Å². The van der Waals surface area contributed by atoms with Crippen LogP contribution in [0.3, 0.4) is 0 Å². The average Bonchev–Trinajstić information content (AvgIpc) is 3.19. The number of unbranched alkanes of at least 4 members (excludes halogenated alkanes) is 1. The van der Waals surface area contributed by atoms with Crippen LogP contribution in [0.1, 0.15) is 38.5 Å². The number of nitrogens with one attached hydrogen (secondary N) is 2. The standard InChI is InChI=1S/C21H39N5S/c1-4-22-21(24-18-19(3)17-20-9-8-16-27-20)23-10-6-7-11-26-14-12-25(5-2)13-15-26/h8-9,16,19H,4-7,10-15,17-18H2,1-3H3,(H2,22,23,24). The van der Waals surface area contributed by atoms with Gasteiger partial charge in [-0.3, -0.25) is 4.99 Å². The van der Waals surface area contributed by atoms with Crippen LogP contribution in [-0.2, 0) is 6.42 Å². The van der Waals surface area contributed by atoms with E-state index < -0.39 is 0 Å². The van der Waals surface area contributed by atoms with Crippen LogP contribution in [0.2, 0.25) is 0 Å². The van der Waals surface area contributed by atoms with Gasteiger partial charge in [0.05, 0.1) is 0 Å². The van der Waals surface area contributed by atoms with Crippen molar-refractivity contribution in [2.45, 2.75) is 40.0 Å². The number of thiophene rings is 1. The minimum Gasteiger partial charge on any atom is -0.357 e. The van der Waals surface area contributed by atoms with E-state index in [1.165, 1.54) is 57.0 Å². The van der Waals surface area contributed by atoms with Gasteiger partial charge in [-0.25, -0.2) is 0 Å². The molecule has 6 heteroatoms. The van der Waals surface area contributed by atoms with Gasteiger partial charge in [0.25, 0.3) is 0 Å². The lowest BCUT2D eigenvalue weighted by Gasteiger charge is -2.34. The summed E-state index contributed by atoms with van der Waals surface area (Å²) >= 11 is 1.84. The molecule has 1 fully saturated rings. The van der Waals surface area contributed by atoms with E-state index in [0.717, 1.165) is 32.0 Å². The van der Waals surface area contributed by atoms with Crippen LogP contribution in [0.15, 0.2) is 22.5 Å². The third kappa shape index (κ3) is 9.08. The largest absolute Gasteiger partial charge is 0.357 e. The van der Waals surface area contributed by atoms with Gasteiger partial charge in [-0.15, -0.1) is 11.3 Å². The molecule has 1 atom stereocenters. The molecule has 154 valence electrons. The fraction of sp³-hybridized carbons (Fsp3) is 0.762. The van der Waals surface area contributed by atoms with E-state index >= 15 is 0 Å². The van der Waals surface area contributed by atoms with Gasteiger partial charge in [-0.2, -0.15) is 0 Å². The molecule has 0 saturated carbocycles. The fourth-order valence-corrected chi connectivity index (χ4v) is 4.29. The van der Waals surface area contributed by atoms with Crippen molar-refractivity contribution in [3.05, 3.63) is 22.4 Å². The Kier molecular flexibility index (Phi) is 10.8. The van der Waals surface area contributed by atoms with E-state index in [1.807, 2.05) is 11.3 Å². The summed E-state index contributed by atoms with van der Waals surface area (Å²) in [6.45, 7) is 16.8. The van der Waals surface area contributed by atoms with Crippen molar-refractivity contribution in [2.75, 3.05) is 58.9 Å². The predicted octanol–water partition coefficient (Wildman–Crippen LogP) is 2.90. The average molecular weight is 394 g/mol. The molecule has 0 amide bonds. The summed E-state index contributed by atoms with van der Waals surface area (Å²) in [4.78, 5) is 11.4. The quantitative estimate of drug-likeness (QED) is 0.345. The number of rotatable bonds is 11. The van der Waals surface area contributed by atoms with Gasteiger partial charge in [-0.1, -0.05) is 19.9 Å². The van der Waals surface area contributed by atoms with Gasteiger partial charge in [-0.05, 0) is 56.6 Å². The van der Waals surface area contributed by atoms with Gasteiger partial charge in [0.2, 0.25) is 0 Å². The van der Waals surface area contributed by atoms with E-state index in [9.17, 15) is 0 Å². The monoisotopic (exact) mass is 393 g/mol. The van der Waals surface area contributed by atoms with Crippen LogP contribution >= 0.6 is 11.3 Å². The molecular formula is C21H39N5S. The minimum absolute atomic E-state index is 0.570. The summed E-state index contributed by atoms with van der Waals surface area (Å²) in [6.07, 6.45) is 3.57. The molecule has 0 aromatic carbocycles. The van der Waals surface area contributed by atoms with E-state index in [1.54, 1.807) is 0 Å². The molecule has 1 aliphatic rings. The van der Waals surface area contributed by atoms with E-state index in [-0.39, 0.29) is 0 Å². The summed E-state index contributed by atoms with van der Waals surface area (Å²) in [5.41, 5.74) is 0. The molecule has 0 aliphatic carbocycles. The smallest absolute Gasteiger partial charge is 0.191 e. The predicted molar refractivity (Wildman–Crippen MR) is 119 cm³/mol. The van der Waals surface area contributed by atoms with Crippen molar-refractivity contribution in [3.63, 3.8) is 0 Å². The molecule has 5 nitrogen and oxygen atoms in total. The minimum atomic E-state index is 0.570. The Balaban J connectivity index is 1.59. The Hall–Kier alpha value is -1.11. The SMILES string of the molecule is CCNC(=NCC(C)Cc1cccs1)NCCCCN1CCN(CC)CC1. The number of hydrogen-bond acceptors (Lipinski definition) is 4. The number of aliphatic imine (C=N–C) groups is 1. The number of guanidine groups is 1. The molecule has 1 saturated heterocycles. The number of likely N-dealkylation sites (N-methyl/N-ethyl adjacent to an activating group) is 1. The summed E-state index contributed by atoms with van der Waals surface area (Å²) in [7, 11) is 0. The topological polar surface area (TPSA) is 42.9 Å². The maximum atomic E-state index is 4.78. The Morgan fingerprint density at radius 3 is 2.59 bits per heavy atom. The molecule has 2 N–H and O–H groups in total. The lowest BCUT2D eigenvalue weighted by Crippen LogP contribution is -2.46. The first kappa shape index (κ1) is 22.2. The molecule has 2 heterocycles. The molecule has 1 aromatic heterocycles. The molecule has 1 aliphatic heterocycles. The Labute approximate surface area is 170 Å². The van der Waals surface area contributed by atoms with Crippen LogP contribution in [0, 0.1) is 5.92 Å². The number of nitrogens with zero attached hydrogens (tertiary/aromatic N) is 3. The van der Waals surface area contributed by atoms with Crippen molar-refractivity contribution in [2.24, 2.45) is 10.9 Å². The fourth-order valence-electron chi connectivity index (χ4n) is 3.42. The highest BCUT2D eigenvalue weighted by molar-refractivity contribution is 7.09. The lowest BCUT2D eigenvalue weighted by atomic mass is 10.1. The molecule has 1 unspecified atom stereocenters. The third-order valence-electron chi connectivity index (χ3n) is 5.14. The zero-order valence-corrected chi connectivity index (χ0v) is 18.4. The zero-order chi connectivity index (χ0) is 19.3. The summed E-state index contributed by atoms with van der Waals surface area (Å²) in [5, 5.41) is 9.03. The van der Waals surface area contributed by atoms with Gasteiger partial charge < -0.3 is 20.4 Å². The van der Waals surface area contributed by atoms with Crippen molar-refractivity contribution < 1.29 is 0 Å². The maximum absolute atomic E-state index is 4.78. The highest BCUT2D eigenvalue weighted by atomic mass is 32.1. The van der Waals surface area contributed by atoms with Crippen LogP contribution in [0.25, 0.3) is 0 Å². The summed E-state index contributed by atoms with van der Waals surface area (Å²) in [5.74, 6) is 1.54. The first-order valence-electron chi connectivity index (χ1n) is 10.7. The van der Waals surface area contributed by atoms with Crippen LogP contribution in [0.4, 0.5) is 0 Å².